The summed E-state index contributed by atoms with van der Waals surface area (Å²) in [7, 11) is 1.93. The smallest absolute Gasteiger partial charge is 0.256 e. The van der Waals surface area contributed by atoms with Crippen LogP contribution in [-0.2, 0) is 6.54 Å². The number of likely N-dealkylation sites (N-methyl/N-ethyl adjacent to an activating group) is 1. The lowest BCUT2D eigenvalue weighted by molar-refractivity contribution is 0.0461. The number of fused-ring (bicyclic) bond motifs is 5. The quantitative estimate of drug-likeness (QED) is 0.619. The summed E-state index contributed by atoms with van der Waals surface area (Å²) in [5, 5.41) is 4.11. The van der Waals surface area contributed by atoms with Gasteiger partial charge in [-0.25, -0.2) is 9.37 Å². The molecule has 1 saturated heterocycles. The van der Waals surface area contributed by atoms with Crippen LogP contribution in [0.4, 0.5) is 4.39 Å². The van der Waals surface area contributed by atoms with Gasteiger partial charge in [0.25, 0.3) is 5.91 Å². The molecular formula is C20H19FN6O2. The molecule has 3 aromatic rings. The Kier molecular flexibility index (Phi) is 4.06. The molecule has 0 spiro atoms. The van der Waals surface area contributed by atoms with Crippen molar-refractivity contribution in [3.05, 3.63) is 60.1 Å². The first-order chi connectivity index (χ1) is 14.1. The second-order valence-electron chi connectivity index (χ2n) is 7.31. The number of rotatable bonds is 5. The van der Waals surface area contributed by atoms with Gasteiger partial charge < -0.3 is 9.42 Å². The molecule has 2 aliphatic heterocycles. The van der Waals surface area contributed by atoms with Crippen molar-refractivity contribution >= 4 is 5.91 Å². The number of amides is 1. The molecule has 4 heterocycles. The minimum absolute atomic E-state index is 0.152. The molecule has 29 heavy (non-hydrogen) atoms. The molecular weight excluding hydrogens is 375 g/mol. The van der Waals surface area contributed by atoms with E-state index in [0.29, 0.717) is 48.3 Å². The number of hydrogen-bond acceptors (Lipinski definition) is 6. The number of hydrogen-bond donors (Lipinski definition) is 0. The van der Waals surface area contributed by atoms with Crippen LogP contribution in [0.5, 0.6) is 0 Å². The first-order valence-corrected chi connectivity index (χ1v) is 9.37. The lowest BCUT2D eigenvalue weighted by Crippen LogP contribution is -2.44. The summed E-state index contributed by atoms with van der Waals surface area (Å²) in [5.41, 5.74) is 2.33. The molecule has 5 rings (SSSR count). The maximum atomic E-state index is 13.8. The largest absolute Gasteiger partial charge is 0.337 e. The van der Waals surface area contributed by atoms with Crippen molar-refractivity contribution in [1.29, 1.82) is 0 Å². The van der Waals surface area contributed by atoms with Gasteiger partial charge in [-0.15, -0.1) is 6.58 Å². The first kappa shape index (κ1) is 17.7. The molecule has 1 amide bonds. The van der Waals surface area contributed by atoms with Gasteiger partial charge in [-0.1, -0.05) is 11.2 Å². The maximum absolute atomic E-state index is 13.8. The zero-order valence-electron chi connectivity index (χ0n) is 15.9. The molecule has 1 aromatic carbocycles. The SMILES string of the molecule is C=CCN(C)Cc1nc(-c2ncn3c2[C@@H]2CCN2C(=O)c2cc(F)ccc2-3)no1. The van der Waals surface area contributed by atoms with Gasteiger partial charge in [0.1, 0.15) is 17.8 Å². The maximum Gasteiger partial charge on any atom is 0.256 e. The third-order valence-corrected chi connectivity index (χ3v) is 5.38. The second-order valence-corrected chi connectivity index (χ2v) is 7.31. The van der Waals surface area contributed by atoms with Gasteiger partial charge in [-0.3, -0.25) is 14.3 Å². The Bertz CT molecular complexity index is 1120. The molecule has 0 bridgehead atoms. The summed E-state index contributed by atoms with van der Waals surface area (Å²) < 4.78 is 21.0. The van der Waals surface area contributed by atoms with Gasteiger partial charge in [0, 0.05) is 13.1 Å². The van der Waals surface area contributed by atoms with Crippen LogP contribution in [0.15, 0.2) is 41.7 Å². The highest BCUT2D eigenvalue weighted by Gasteiger charge is 2.42. The van der Waals surface area contributed by atoms with Gasteiger partial charge in [-0.2, -0.15) is 4.98 Å². The van der Waals surface area contributed by atoms with Crippen LogP contribution in [0.3, 0.4) is 0 Å². The molecule has 0 saturated carbocycles. The Hall–Kier alpha value is -3.33. The summed E-state index contributed by atoms with van der Waals surface area (Å²) in [6, 6.07) is 4.08. The fourth-order valence-electron chi connectivity index (χ4n) is 3.93. The summed E-state index contributed by atoms with van der Waals surface area (Å²) in [5.74, 6) is 0.240. The number of imidazole rings is 1. The van der Waals surface area contributed by atoms with Crippen LogP contribution >= 0.6 is 0 Å². The van der Waals surface area contributed by atoms with Gasteiger partial charge >= 0.3 is 0 Å². The molecule has 2 aliphatic rings. The van der Waals surface area contributed by atoms with E-state index in [1.165, 1.54) is 12.1 Å². The van der Waals surface area contributed by atoms with Crippen LogP contribution < -0.4 is 0 Å². The van der Waals surface area contributed by atoms with Gasteiger partial charge in [-0.05, 0) is 31.7 Å². The lowest BCUT2D eigenvalue weighted by Gasteiger charge is -2.39. The summed E-state index contributed by atoms with van der Waals surface area (Å²) in [4.78, 5) is 25.7. The molecule has 1 fully saturated rings. The van der Waals surface area contributed by atoms with Crippen LogP contribution in [0.25, 0.3) is 17.2 Å². The highest BCUT2D eigenvalue weighted by Crippen LogP contribution is 2.43. The number of carbonyl (C=O) groups excluding carboxylic acids is 1. The summed E-state index contributed by atoms with van der Waals surface area (Å²) >= 11 is 0. The zero-order valence-corrected chi connectivity index (χ0v) is 15.9. The molecule has 0 aliphatic carbocycles. The first-order valence-electron chi connectivity index (χ1n) is 9.37. The molecule has 8 nitrogen and oxygen atoms in total. The highest BCUT2D eigenvalue weighted by atomic mass is 19.1. The fourth-order valence-corrected chi connectivity index (χ4v) is 3.93. The molecule has 0 N–H and O–H groups in total. The minimum Gasteiger partial charge on any atom is -0.337 e. The Morgan fingerprint density at radius 2 is 2.31 bits per heavy atom. The fraction of sp³-hybridized carbons (Fsp3) is 0.300. The normalized spacial score (nSPS) is 17.4. The van der Waals surface area contributed by atoms with Crippen molar-refractivity contribution in [3.8, 4) is 17.2 Å². The Morgan fingerprint density at radius 3 is 3.07 bits per heavy atom. The van der Waals surface area contributed by atoms with E-state index < -0.39 is 5.82 Å². The van der Waals surface area contributed by atoms with E-state index in [-0.39, 0.29) is 11.9 Å². The minimum atomic E-state index is -0.440. The Balaban J connectivity index is 1.58. The molecule has 2 aromatic heterocycles. The van der Waals surface area contributed by atoms with Gasteiger partial charge in [0.05, 0.1) is 29.5 Å². The van der Waals surface area contributed by atoms with Crippen molar-refractivity contribution in [2.75, 3.05) is 20.1 Å². The number of nitrogens with zero attached hydrogens (tertiary/aromatic N) is 6. The van der Waals surface area contributed by atoms with E-state index >= 15 is 0 Å². The molecule has 148 valence electrons. The van der Waals surface area contributed by atoms with Crippen molar-refractivity contribution in [1.82, 2.24) is 29.5 Å². The Morgan fingerprint density at radius 1 is 1.45 bits per heavy atom. The number of aromatic nitrogens is 4. The van der Waals surface area contributed by atoms with E-state index in [4.69, 9.17) is 4.52 Å². The predicted molar refractivity (Wildman–Crippen MR) is 102 cm³/mol. The predicted octanol–water partition coefficient (Wildman–Crippen LogP) is 2.58. The van der Waals surface area contributed by atoms with Crippen molar-refractivity contribution in [2.45, 2.75) is 19.0 Å². The van der Waals surface area contributed by atoms with Crippen LogP contribution in [0, 0.1) is 5.82 Å². The van der Waals surface area contributed by atoms with E-state index in [2.05, 4.69) is 21.7 Å². The number of halogens is 1. The Labute approximate surface area is 166 Å². The van der Waals surface area contributed by atoms with E-state index in [9.17, 15) is 9.18 Å². The molecule has 0 unspecified atom stereocenters. The van der Waals surface area contributed by atoms with Gasteiger partial charge in [0.2, 0.25) is 11.7 Å². The van der Waals surface area contributed by atoms with E-state index in [1.54, 1.807) is 23.4 Å². The monoisotopic (exact) mass is 394 g/mol. The highest BCUT2D eigenvalue weighted by molar-refractivity contribution is 5.99. The van der Waals surface area contributed by atoms with Gasteiger partial charge in [0.15, 0.2) is 0 Å². The third kappa shape index (κ3) is 2.77. The average molecular weight is 394 g/mol. The topological polar surface area (TPSA) is 80.3 Å². The van der Waals surface area contributed by atoms with Crippen molar-refractivity contribution in [3.63, 3.8) is 0 Å². The van der Waals surface area contributed by atoms with Crippen LogP contribution in [-0.4, -0.2) is 55.5 Å². The third-order valence-electron chi connectivity index (χ3n) is 5.38. The zero-order chi connectivity index (χ0) is 20.1. The molecule has 0 radical (unpaired) electrons. The van der Waals surface area contributed by atoms with Crippen molar-refractivity contribution in [2.24, 2.45) is 0 Å². The van der Waals surface area contributed by atoms with Crippen LogP contribution in [0.1, 0.15) is 34.4 Å². The number of benzene rings is 1. The van der Waals surface area contributed by atoms with Crippen molar-refractivity contribution < 1.29 is 13.7 Å². The van der Waals surface area contributed by atoms with Crippen LogP contribution in [0.2, 0.25) is 0 Å². The number of carbonyl (C=O) groups is 1. The lowest BCUT2D eigenvalue weighted by atomic mass is 9.97. The molecule has 1 atom stereocenters. The van der Waals surface area contributed by atoms with E-state index in [1.807, 2.05) is 16.5 Å². The van der Waals surface area contributed by atoms with E-state index in [0.717, 1.165) is 12.1 Å². The standard InChI is InChI=1S/C20H19FN6O2/c1-3-7-25(2)10-16-23-19(24-29-16)17-18-15-6-8-26(15)20(28)13-9-12(21)4-5-14(13)27(18)11-22-17/h3-5,9,11,15H,1,6-8,10H2,2H3/t15-/m0/s1. The summed E-state index contributed by atoms with van der Waals surface area (Å²) in [6.07, 6.45) is 4.24. The second kappa shape index (κ2) is 6.63. The average Bonchev–Trinajstić information content (AvgIpc) is 3.26. The molecule has 9 heteroatoms. The summed E-state index contributed by atoms with van der Waals surface area (Å²) in [6.45, 7) is 5.53.